The van der Waals surface area contributed by atoms with Crippen molar-refractivity contribution in [2.75, 3.05) is 6.54 Å². The lowest BCUT2D eigenvalue weighted by atomic mass is 10.1. The van der Waals surface area contributed by atoms with Gasteiger partial charge in [-0.15, -0.1) is 0 Å². The van der Waals surface area contributed by atoms with E-state index in [9.17, 15) is 8.42 Å². The first-order valence-electron chi connectivity index (χ1n) is 6.38. The van der Waals surface area contributed by atoms with Gasteiger partial charge in [0.25, 0.3) is 0 Å². The topological polar surface area (TPSA) is 46.2 Å². The molecule has 0 saturated heterocycles. The van der Waals surface area contributed by atoms with E-state index in [0.717, 1.165) is 17.0 Å². The van der Waals surface area contributed by atoms with Gasteiger partial charge in [0.2, 0.25) is 10.0 Å². The molecule has 0 aliphatic rings. The number of aryl methyl sites for hydroxylation is 1. The predicted octanol–water partition coefficient (Wildman–Crippen LogP) is 3.25. The largest absolute Gasteiger partial charge is 0.240 e. The van der Waals surface area contributed by atoms with Gasteiger partial charge >= 0.3 is 0 Å². The van der Waals surface area contributed by atoms with E-state index in [1.807, 2.05) is 24.3 Å². The second-order valence-electron chi connectivity index (χ2n) is 4.41. The number of nitrogens with one attached hydrogen (secondary N) is 1. The minimum Gasteiger partial charge on any atom is -0.211 e. The molecule has 5 heteroatoms. The summed E-state index contributed by atoms with van der Waals surface area (Å²) in [6.45, 7) is 0.391. The highest BCUT2D eigenvalue weighted by Gasteiger charge is 2.11. The van der Waals surface area contributed by atoms with Crippen molar-refractivity contribution in [1.82, 2.24) is 4.72 Å². The summed E-state index contributed by atoms with van der Waals surface area (Å²) in [6.07, 6.45) is 1.45. The average Bonchev–Trinajstić information content (AvgIpc) is 2.46. The average molecular weight is 310 g/mol. The van der Waals surface area contributed by atoms with Crippen LogP contribution in [-0.4, -0.2) is 15.0 Å². The van der Waals surface area contributed by atoms with E-state index in [4.69, 9.17) is 11.6 Å². The summed E-state index contributed by atoms with van der Waals surface area (Å²) in [6, 6.07) is 16.0. The Bertz CT molecular complexity index is 657. The maximum absolute atomic E-state index is 12.0. The smallest absolute Gasteiger partial charge is 0.211 e. The van der Waals surface area contributed by atoms with Crippen LogP contribution in [0, 0.1) is 0 Å². The zero-order valence-electron chi connectivity index (χ0n) is 10.9. The van der Waals surface area contributed by atoms with Gasteiger partial charge in [0, 0.05) is 11.6 Å². The lowest BCUT2D eigenvalue weighted by molar-refractivity contribution is 0.579. The predicted molar refractivity (Wildman–Crippen MR) is 81.4 cm³/mol. The van der Waals surface area contributed by atoms with Crippen LogP contribution < -0.4 is 4.72 Å². The van der Waals surface area contributed by atoms with Crippen LogP contribution >= 0.6 is 11.6 Å². The lowest BCUT2D eigenvalue weighted by Gasteiger charge is -2.07. The van der Waals surface area contributed by atoms with Crippen LogP contribution in [0.4, 0.5) is 0 Å². The van der Waals surface area contributed by atoms with Gasteiger partial charge < -0.3 is 0 Å². The van der Waals surface area contributed by atoms with Crippen molar-refractivity contribution >= 4 is 21.6 Å². The molecule has 0 amide bonds. The Morgan fingerprint density at radius 2 is 1.60 bits per heavy atom. The number of benzene rings is 2. The molecule has 0 fully saturated rings. The summed E-state index contributed by atoms with van der Waals surface area (Å²) in [5.41, 5.74) is 1.04. The molecule has 0 heterocycles. The van der Waals surface area contributed by atoms with Crippen LogP contribution in [0.3, 0.4) is 0 Å². The third-order valence-electron chi connectivity index (χ3n) is 2.93. The normalized spacial score (nSPS) is 11.4. The van der Waals surface area contributed by atoms with Crippen molar-refractivity contribution in [3.8, 4) is 0 Å². The quantitative estimate of drug-likeness (QED) is 0.833. The number of halogens is 1. The summed E-state index contributed by atoms with van der Waals surface area (Å²) < 4.78 is 26.5. The fraction of sp³-hybridized carbons (Fsp3) is 0.200. The molecule has 0 atom stereocenters. The highest BCUT2D eigenvalue weighted by atomic mass is 35.5. The Balaban J connectivity index is 1.86. The minimum absolute atomic E-state index is 0.290. The van der Waals surface area contributed by atoms with Crippen molar-refractivity contribution in [3.05, 3.63) is 65.2 Å². The third-order valence-corrected chi connectivity index (χ3v) is 4.77. The van der Waals surface area contributed by atoms with Crippen LogP contribution in [0.1, 0.15) is 12.0 Å². The maximum atomic E-state index is 12.0. The summed E-state index contributed by atoms with van der Waals surface area (Å²) >= 11 is 6.05. The monoisotopic (exact) mass is 309 g/mol. The van der Waals surface area contributed by atoms with Gasteiger partial charge in [0.1, 0.15) is 0 Å². The van der Waals surface area contributed by atoms with Crippen molar-refractivity contribution in [1.29, 1.82) is 0 Å². The molecule has 2 rings (SSSR count). The van der Waals surface area contributed by atoms with Crippen molar-refractivity contribution in [3.63, 3.8) is 0 Å². The van der Waals surface area contributed by atoms with Gasteiger partial charge in [0.05, 0.1) is 4.90 Å². The van der Waals surface area contributed by atoms with E-state index in [2.05, 4.69) is 4.72 Å². The molecule has 2 aromatic carbocycles. The summed E-state index contributed by atoms with van der Waals surface area (Å²) in [5, 5.41) is 0.721. The van der Waals surface area contributed by atoms with E-state index in [-0.39, 0.29) is 4.90 Å². The molecule has 0 bridgehead atoms. The second-order valence-corrected chi connectivity index (χ2v) is 6.58. The molecule has 106 valence electrons. The van der Waals surface area contributed by atoms with Crippen LogP contribution in [0.25, 0.3) is 0 Å². The zero-order valence-corrected chi connectivity index (χ0v) is 12.5. The molecule has 0 aliphatic heterocycles. The molecular weight excluding hydrogens is 294 g/mol. The Morgan fingerprint density at radius 3 is 2.30 bits per heavy atom. The van der Waals surface area contributed by atoms with Gasteiger partial charge in [-0.1, -0.05) is 48.0 Å². The molecule has 0 aliphatic carbocycles. The SMILES string of the molecule is O=S(=O)(NCCCc1ccccc1Cl)c1ccccc1. The van der Waals surface area contributed by atoms with E-state index < -0.39 is 10.0 Å². The van der Waals surface area contributed by atoms with Crippen LogP contribution in [-0.2, 0) is 16.4 Å². The molecule has 2 aromatic rings. The Kier molecular flexibility index (Phi) is 5.17. The zero-order chi connectivity index (χ0) is 14.4. The van der Waals surface area contributed by atoms with Gasteiger partial charge in [0.15, 0.2) is 0 Å². The minimum atomic E-state index is -3.41. The van der Waals surface area contributed by atoms with Gasteiger partial charge in [-0.2, -0.15) is 0 Å². The first-order valence-corrected chi connectivity index (χ1v) is 8.24. The standard InChI is InChI=1S/C15H16ClNO2S/c16-15-11-5-4-7-13(15)8-6-12-17-20(18,19)14-9-2-1-3-10-14/h1-5,7,9-11,17H,6,8,12H2. The van der Waals surface area contributed by atoms with Crippen LogP contribution in [0.5, 0.6) is 0 Å². The maximum Gasteiger partial charge on any atom is 0.240 e. The molecule has 0 radical (unpaired) electrons. The Hall–Kier alpha value is -1.36. The van der Waals surface area contributed by atoms with Gasteiger partial charge in [-0.3, -0.25) is 0 Å². The molecule has 0 aromatic heterocycles. The third kappa shape index (κ3) is 4.07. The number of rotatable bonds is 6. The molecule has 20 heavy (non-hydrogen) atoms. The van der Waals surface area contributed by atoms with E-state index >= 15 is 0 Å². The molecule has 0 saturated carbocycles. The highest BCUT2D eigenvalue weighted by Crippen LogP contribution is 2.16. The van der Waals surface area contributed by atoms with Crippen molar-refractivity contribution in [2.45, 2.75) is 17.7 Å². The highest BCUT2D eigenvalue weighted by molar-refractivity contribution is 7.89. The van der Waals surface area contributed by atoms with Crippen molar-refractivity contribution in [2.24, 2.45) is 0 Å². The lowest BCUT2D eigenvalue weighted by Crippen LogP contribution is -2.25. The fourth-order valence-electron chi connectivity index (χ4n) is 1.87. The molecule has 0 spiro atoms. The van der Waals surface area contributed by atoms with E-state index in [1.54, 1.807) is 30.3 Å². The van der Waals surface area contributed by atoms with Gasteiger partial charge in [-0.25, -0.2) is 13.1 Å². The molecule has 3 nitrogen and oxygen atoms in total. The first kappa shape index (κ1) is 15.0. The summed E-state index contributed by atoms with van der Waals surface area (Å²) in [7, 11) is -3.41. The first-order chi connectivity index (χ1) is 9.59. The van der Waals surface area contributed by atoms with E-state index in [0.29, 0.717) is 13.0 Å². The molecule has 1 N–H and O–H groups in total. The van der Waals surface area contributed by atoms with Crippen LogP contribution in [0.15, 0.2) is 59.5 Å². The Morgan fingerprint density at radius 1 is 0.950 bits per heavy atom. The molecular formula is C15H16ClNO2S. The fourth-order valence-corrected chi connectivity index (χ4v) is 3.19. The van der Waals surface area contributed by atoms with Gasteiger partial charge in [-0.05, 0) is 36.6 Å². The molecule has 0 unspecified atom stereocenters. The number of hydrogen-bond acceptors (Lipinski definition) is 2. The van der Waals surface area contributed by atoms with Crippen LogP contribution in [0.2, 0.25) is 5.02 Å². The van der Waals surface area contributed by atoms with E-state index in [1.165, 1.54) is 0 Å². The number of hydrogen-bond donors (Lipinski definition) is 1. The van der Waals surface area contributed by atoms with Crippen molar-refractivity contribution < 1.29 is 8.42 Å². The Labute approximate surface area is 124 Å². The second kappa shape index (κ2) is 6.88. The summed E-state index contributed by atoms with van der Waals surface area (Å²) in [5.74, 6) is 0. The number of sulfonamides is 1. The summed E-state index contributed by atoms with van der Waals surface area (Å²) in [4.78, 5) is 0.290.